The molecule has 0 aliphatic rings. The zero-order valence-electron chi connectivity index (χ0n) is 12.8. The highest BCUT2D eigenvalue weighted by atomic mass is 16.5. The normalized spacial score (nSPS) is 9.95. The second kappa shape index (κ2) is 6.22. The lowest BCUT2D eigenvalue weighted by atomic mass is 10.1. The first-order chi connectivity index (χ1) is 10.5. The highest BCUT2D eigenvalue weighted by Crippen LogP contribution is 2.27. The third-order valence-electron chi connectivity index (χ3n) is 3.34. The minimum Gasteiger partial charge on any atom is -0.497 e. The number of carbonyl (C=O) groups excluding carboxylic acids is 1. The van der Waals surface area contributed by atoms with Gasteiger partial charge in [0.2, 0.25) is 5.88 Å². The zero-order valence-corrected chi connectivity index (χ0v) is 12.8. The summed E-state index contributed by atoms with van der Waals surface area (Å²) in [6, 6.07) is 6.85. The number of anilines is 1. The number of hydrogen-bond acceptors (Lipinski definition) is 5. The van der Waals surface area contributed by atoms with Crippen LogP contribution in [0.15, 0.2) is 22.6 Å². The largest absolute Gasteiger partial charge is 0.497 e. The van der Waals surface area contributed by atoms with Gasteiger partial charge < -0.3 is 13.9 Å². The third kappa shape index (κ3) is 2.88. The van der Waals surface area contributed by atoms with Gasteiger partial charge in [0.1, 0.15) is 28.9 Å². The molecule has 0 fully saturated rings. The number of nitrogens with one attached hydrogen (secondary N) is 1. The Balaban J connectivity index is 2.34. The topological polar surface area (TPSA) is 84.5 Å². The Bertz CT molecular complexity index is 734. The maximum absolute atomic E-state index is 12.3. The van der Waals surface area contributed by atoms with Crippen molar-refractivity contribution >= 4 is 11.8 Å². The number of carbonyl (C=O) groups is 1. The van der Waals surface area contributed by atoms with E-state index in [0.717, 1.165) is 0 Å². The summed E-state index contributed by atoms with van der Waals surface area (Å²) in [4.78, 5) is 12.3. The highest BCUT2D eigenvalue weighted by molar-refractivity contribution is 6.04. The number of nitriles is 1. The van der Waals surface area contributed by atoms with Crippen LogP contribution >= 0.6 is 0 Å². The molecule has 0 radical (unpaired) electrons. The van der Waals surface area contributed by atoms with Crippen molar-refractivity contribution in [2.24, 2.45) is 0 Å². The van der Waals surface area contributed by atoms with Crippen molar-refractivity contribution in [3.8, 4) is 17.6 Å². The van der Waals surface area contributed by atoms with Gasteiger partial charge in [-0.3, -0.25) is 10.1 Å². The molecular weight excluding hydrogens is 284 g/mol. The number of rotatable bonds is 4. The Morgan fingerprint density at radius 1 is 1.18 bits per heavy atom. The molecule has 0 saturated carbocycles. The van der Waals surface area contributed by atoms with Gasteiger partial charge in [0.15, 0.2) is 0 Å². The van der Waals surface area contributed by atoms with Gasteiger partial charge in [-0.2, -0.15) is 5.26 Å². The molecular formula is C16H16N2O4. The molecule has 6 nitrogen and oxygen atoms in total. The number of methoxy groups -OCH3 is 2. The molecule has 1 aromatic heterocycles. The van der Waals surface area contributed by atoms with Crippen molar-refractivity contribution in [1.82, 2.24) is 0 Å². The van der Waals surface area contributed by atoms with E-state index in [1.165, 1.54) is 14.2 Å². The molecule has 1 N–H and O–H groups in total. The fourth-order valence-electron chi connectivity index (χ4n) is 1.96. The molecule has 0 unspecified atom stereocenters. The van der Waals surface area contributed by atoms with Crippen LogP contribution in [0.5, 0.6) is 11.5 Å². The second-order valence-electron chi connectivity index (χ2n) is 4.65. The Kier molecular flexibility index (Phi) is 4.37. The van der Waals surface area contributed by atoms with E-state index in [2.05, 4.69) is 5.32 Å². The number of furan rings is 1. The van der Waals surface area contributed by atoms with Gasteiger partial charge in [0, 0.05) is 17.2 Å². The maximum Gasteiger partial charge on any atom is 0.258 e. The van der Waals surface area contributed by atoms with E-state index in [9.17, 15) is 4.79 Å². The van der Waals surface area contributed by atoms with Crippen LogP contribution in [0.3, 0.4) is 0 Å². The molecule has 1 amide bonds. The first-order valence-electron chi connectivity index (χ1n) is 6.54. The SMILES string of the molecule is COc1cc(OC)cc(C(=O)Nc2oc(C)c(C)c2C#N)c1. The Labute approximate surface area is 128 Å². The van der Waals surface area contributed by atoms with Crippen LogP contribution in [0.4, 0.5) is 5.88 Å². The lowest BCUT2D eigenvalue weighted by Crippen LogP contribution is -2.12. The molecule has 1 aromatic carbocycles. The number of hydrogen-bond donors (Lipinski definition) is 1. The average molecular weight is 300 g/mol. The predicted molar refractivity (Wildman–Crippen MR) is 80.4 cm³/mol. The van der Waals surface area contributed by atoms with Crippen LogP contribution < -0.4 is 14.8 Å². The fourth-order valence-corrected chi connectivity index (χ4v) is 1.96. The monoisotopic (exact) mass is 300 g/mol. The molecule has 0 spiro atoms. The zero-order chi connectivity index (χ0) is 16.3. The second-order valence-corrected chi connectivity index (χ2v) is 4.65. The van der Waals surface area contributed by atoms with E-state index >= 15 is 0 Å². The van der Waals surface area contributed by atoms with Gasteiger partial charge >= 0.3 is 0 Å². The predicted octanol–water partition coefficient (Wildman–Crippen LogP) is 3.04. The van der Waals surface area contributed by atoms with Crippen LogP contribution in [-0.2, 0) is 0 Å². The molecule has 0 aliphatic heterocycles. The Morgan fingerprint density at radius 2 is 1.77 bits per heavy atom. The molecule has 1 heterocycles. The van der Waals surface area contributed by atoms with E-state index in [-0.39, 0.29) is 5.88 Å². The van der Waals surface area contributed by atoms with Gasteiger partial charge in [-0.1, -0.05) is 0 Å². The summed E-state index contributed by atoms with van der Waals surface area (Å²) in [6.07, 6.45) is 0. The number of aryl methyl sites for hydroxylation is 1. The van der Waals surface area contributed by atoms with Crippen LogP contribution in [0.2, 0.25) is 0 Å². The number of benzene rings is 1. The van der Waals surface area contributed by atoms with Crippen molar-refractivity contribution in [2.75, 3.05) is 19.5 Å². The van der Waals surface area contributed by atoms with Crippen LogP contribution in [0.25, 0.3) is 0 Å². The minimum atomic E-state index is -0.414. The van der Waals surface area contributed by atoms with E-state index in [1.807, 2.05) is 6.07 Å². The molecule has 2 rings (SSSR count). The summed E-state index contributed by atoms with van der Waals surface area (Å²) >= 11 is 0. The molecule has 0 aliphatic carbocycles. The molecule has 0 saturated heterocycles. The van der Waals surface area contributed by atoms with Crippen molar-refractivity contribution in [3.05, 3.63) is 40.6 Å². The highest BCUT2D eigenvalue weighted by Gasteiger charge is 2.18. The van der Waals surface area contributed by atoms with Crippen molar-refractivity contribution in [2.45, 2.75) is 13.8 Å². The van der Waals surface area contributed by atoms with E-state index < -0.39 is 5.91 Å². The lowest BCUT2D eigenvalue weighted by Gasteiger charge is -2.08. The van der Waals surface area contributed by atoms with Crippen LogP contribution in [-0.4, -0.2) is 20.1 Å². The first-order valence-corrected chi connectivity index (χ1v) is 6.54. The van der Waals surface area contributed by atoms with Gasteiger partial charge in [-0.25, -0.2) is 0 Å². The number of ether oxygens (including phenoxy) is 2. The molecule has 22 heavy (non-hydrogen) atoms. The van der Waals surface area contributed by atoms with Crippen LogP contribution in [0.1, 0.15) is 27.2 Å². The summed E-state index contributed by atoms with van der Waals surface area (Å²) in [5.74, 6) is 1.32. The summed E-state index contributed by atoms with van der Waals surface area (Å²) in [5, 5.41) is 11.8. The van der Waals surface area contributed by atoms with Crippen molar-refractivity contribution in [1.29, 1.82) is 5.26 Å². The quantitative estimate of drug-likeness (QED) is 0.938. The van der Waals surface area contributed by atoms with Gasteiger partial charge in [0.25, 0.3) is 5.91 Å². The smallest absolute Gasteiger partial charge is 0.258 e. The fraction of sp³-hybridized carbons (Fsp3) is 0.250. The summed E-state index contributed by atoms with van der Waals surface area (Å²) < 4.78 is 15.7. The lowest BCUT2D eigenvalue weighted by molar-refractivity contribution is 0.102. The average Bonchev–Trinajstić information content (AvgIpc) is 2.80. The Hall–Kier alpha value is -2.94. The van der Waals surface area contributed by atoms with Gasteiger partial charge in [-0.15, -0.1) is 0 Å². The summed E-state index contributed by atoms with van der Waals surface area (Å²) in [7, 11) is 3.01. The third-order valence-corrected chi connectivity index (χ3v) is 3.34. The molecule has 0 bridgehead atoms. The molecule has 114 valence electrons. The van der Waals surface area contributed by atoms with Gasteiger partial charge in [0.05, 0.1) is 14.2 Å². The molecule has 0 atom stereocenters. The van der Waals surface area contributed by atoms with Gasteiger partial charge in [-0.05, 0) is 26.0 Å². The van der Waals surface area contributed by atoms with Crippen molar-refractivity contribution < 1.29 is 18.7 Å². The van der Waals surface area contributed by atoms with E-state index in [1.54, 1.807) is 32.0 Å². The summed E-state index contributed by atoms with van der Waals surface area (Å²) in [6.45, 7) is 3.50. The Morgan fingerprint density at radius 3 is 2.27 bits per heavy atom. The minimum absolute atomic E-state index is 0.143. The van der Waals surface area contributed by atoms with Crippen LogP contribution in [0, 0.1) is 25.2 Å². The number of amides is 1. The van der Waals surface area contributed by atoms with E-state index in [4.69, 9.17) is 19.2 Å². The first kappa shape index (κ1) is 15.4. The number of nitrogens with zero attached hydrogens (tertiary/aromatic N) is 1. The summed E-state index contributed by atoms with van der Waals surface area (Å²) in [5.41, 5.74) is 1.37. The standard InChI is InChI=1S/C16H16N2O4/c1-9-10(2)22-16(14(9)8-17)18-15(19)11-5-12(20-3)7-13(6-11)21-4/h5-7H,1-4H3,(H,18,19). The molecule has 2 aromatic rings. The van der Waals surface area contributed by atoms with Crippen molar-refractivity contribution in [3.63, 3.8) is 0 Å². The van der Waals surface area contributed by atoms with E-state index in [0.29, 0.717) is 33.9 Å². The molecule has 6 heteroatoms. The maximum atomic E-state index is 12.3.